The minimum absolute atomic E-state index is 0.00184. The Balaban J connectivity index is 1.46. The van der Waals surface area contributed by atoms with E-state index in [1.807, 2.05) is 0 Å². The summed E-state index contributed by atoms with van der Waals surface area (Å²) in [5.41, 5.74) is 6.39. The number of hydrogen-bond donors (Lipinski definition) is 5. The molecule has 12 nitrogen and oxygen atoms in total. The van der Waals surface area contributed by atoms with Crippen molar-refractivity contribution >= 4 is 55.9 Å². The minimum atomic E-state index is -3.76. The first-order valence-electron chi connectivity index (χ1n) is 11.9. The number of ketones is 1. The molecule has 1 heterocycles. The summed E-state index contributed by atoms with van der Waals surface area (Å²) in [6, 6.07) is 15.0. The van der Waals surface area contributed by atoms with Crippen molar-refractivity contribution in [3.8, 4) is 5.75 Å². The van der Waals surface area contributed by atoms with Crippen molar-refractivity contribution in [3.63, 3.8) is 0 Å². The Morgan fingerprint density at radius 3 is 2.55 bits per heavy atom. The molecule has 204 valence electrons. The van der Waals surface area contributed by atoms with Crippen molar-refractivity contribution in [2.45, 2.75) is 12.7 Å². The highest BCUT2D eigenvalue weighted by Crippen LogP contribution is 2.30. The molecule has 0 atom stereocenters. The number of primary sulfonamides is 1. The van der Waals surface area contributed by atoms with Gasteiger partial charge in [0.1, 0.15) is 11.5 Å². The van der Waals surface area contributed by atoms with Crippen LogP contribution in [-0.4, -0.2) is 42.9 Å². The van der Waals surface area contributed by atoms with Crippen molar-refractivity contribution in [2.75, 3.05) is 17.9 Å². The van der Waals surface area contributed by atoms with Crippen molar-refractivity contribution < 1.29 is 22.7 Å². The van der Waals surface area contributed by atoms with Crippen LogP contribution in [0.1, 0.15) is 22.3 Å². The number of Topliss-reactive ketones (excluding diaryl/α,β-unsaturated/α-hetero) is 1. The van der Waals surface area contributed by atoms with Gasteiger partial charge in [-0.1, -0.05) is 24.3 Å². The number of nitrogens with zero attached hydrogens (tertiary/aromatic N) is 1. The number of carbonyl (C=O) groups excluding carboxylic acids is 2. The van der Waals surface area contributed by atoms with Crippen molar-refractivity contribution in [1.82, 2.24) is 9.97 Å². The van der Waals surface area contributed by atoms with Gasteiger partial charge in [0.25, 0.3) is 5.91 Å². The maximum absolute atomic E-state index is 13.5. The summed E-state index contributed by atoms with van der Waals surface area (Å²) in [5, 5.41) is 12.2. The number of benzene rings is 3. The molecule has 0 radical (unpaired) electrons. The molecule has 0 unspecified atom stereocenters. The number of nitrogens with two attached hydrogens (primary N) is 1. The molecule has 6 N–H and O–H groups in total. The van der Waals surface area contributed by atoms with E-state index in [0.717, 1.165) is 0 Å². The number of anilines is 2. The Morgan fingerprint density at radius 1 is 1.05 bits per heavy atom. The molecule has 1 aliphatic rings. The van der Waals surface area contributed by atoms with E-state index in [4.69, 9.17) is 9.88 Å². The van der Waals surface area contributed by atoms with E-state index in [2.05, 4.69) is 25.8 Å². The fourth-order valence-electron chi connectivity index (χ4n) is 4.37. The fourth-order valence-corrected chi connectivity index (χ4v) is 5.12. The molecule has 4 aromatic rings. The number of sulfonamides is 1. The molecule has 40 heavy (non-hydrogen) atoms. The summed E-state index contributed by atoms with van der Waals surface area (Å²) in [6.07, 6.45) is 1.50. The molecule has 1 amide bonds. The van der Waals surface area contributed by atoms with Gasteiger partial charge in [-0.3, -0.25) is 15.0 Å². The third kappa shape index (κ3) is 5.41. The van der Waals surface area contributed by atoms with Crippen LogP contribution in [0.2, 0.25) is 0 Å². The van der Waals surface area contributed by atoms with Gasteiger partial charge < -0.3 is 20.0 Å². The number of imidazole rings is 1. The van der Waals surface area contributed by atoms with Crippen LogP contribution in [0.3, 0.4) is 0 Å². The highest BCUT2D eigenvalue weighted by molar-refractivity contribution is 7.88. The van der Waals surface area contributed by atoms with Crippen LogP contribution in [-0.2, 0) is 25.4 Å². The lowest BCUT2D eigenvalue weighted by molar-refractivity contribution is -0.116. The highest BCUT2D eigenvalue weighted by atomic mass is 32.2. The Labute approximate surface area is 228 Å². The van der Waals surface area contributed by atoms with E-state index in [1.165, 1.54) is 19.3 Å². The Morgan fingerprint density at radius 2 is 1.80 bits per heavy atom. The molecule has 0 saturated carbocycles. The second kappa shape index (κ2) is 10.3. The van der Waals surface area contributed by atoms with Gasteiger partial charge in [0.2, 0.25) is 15.8 Å². The zero-order chi connectivity index (χ0) is 28.6. The largest absolute Gasteiger partial charge is 0.495 e. The lowest BCUT2D eigenvalue weighted by Gasteiger charge is -2.18. The molecular weight excluding hydrogens is 536 g/mol. The van der Waals surface area contributed by atoms with Crippen molar-refractivity contribution in [3.05, 3.63) is 92.9 Å². The molecule has 0 aliphatic heterocycles. The lowest BCUT2D eigenvalue weighted by atomic mass is 9.89. The van der Waals surface area contributed by atoms with Crippen LogP contribution < -0.4 is 26.3 Å². The van der Waals surface area contributed by atoms with Crippen LogP contribution in [0.4, 0.5) is 11.4 Å². The number of hydrogen-bond acceptors (Lipinski definition) is 8. The first kappa shape index (κ1) is 26.6. The Kier molecular flexibility index (Phi) is 6.83. The van der Waals surface area contributed by atoms with Gasteiger partial charge >= 0.3 is 5.69 Å². The second-order valence-electron chi connectivity index (χ2n) is 9.13. The average molecular weight is 561 g/mol. The number of ether oxygens (including phenoxy) is 1. The van der Waals surface area contributed by atoms with Gasteiger partial charge in [-0.15, -0.1) is 0 Å². The van der Waals surface area contributed by atoms with E-state index < -0.39 is 21.7 Å². The van der Waals surface area contributed by atoms with Crippen LogP contribution in [0.25, 0.3) is 17.1 Å². The van der Waals surface area contributed by atoms with E-state index in [1.54, 1.807) is 55.5 Å². The summed E-state index contributed by atoms with van der Waals surface area (Å²) in [5.74, 6) is -1.34. The smallest absolute Gasteiger partial charge is 0.323 e. The summed E-state index contributed by atoms with van der Waals surface area (Å²) >= 11 is 0. The van der Waals surface area contributed by atoms with Gasteiger partial charge in [-0.25, -0.2) is 18.4 Å². The predicted molar refractivity (Wildman–Crippen MR) is 152 cm³/mol. The summed E-state index contributed by atoms with van der Waals surface area (Å²) < 4.78 is 28.6. The maximum atomic E-state index is 13.5. The number of rotatable bonds is 7. The summed E-state index contributed by atoms with van der Waals surface area (Å²) in [4.78, 5) is 43.5. The van der Waals surface area contributed by atoms with Gasteiger partial charge in [0.05, 0.1) is 35.2 Å². The molecule has 0 saturated heterocycles. The van der Waals surface area contributed by atoms with E-state index in [9.17, 15) is 22.8 Å². The SMILES string of the molecule is COc1cc(CS(N)(=O)=O)c(C)cc1N/N=C1\C(=O)C(C(=O)Nc2ccc3[nH]c(=O)[nH]c3c2)=Cc2ccccc21. The Hall–Kier alpha value is -5.01. The molecule has 1 aromatic heterocycles. The first-order valence-corrected chi connectivity index (χ1v) is 13.6. The number of methoxy groups -OCH3 is 1. The van der Waals surface area contributed by atoms with Gasteiger partial charge in [-0.2, -0.15) is 5.10 Å². The number of amides is 1. The number of aryl methyl sites for hydroxylation is 1. The molecule has 0 spiro atoms. The molecule has 5 rings (SSSR count). The summed E-state index contributed by atoms with van der Waals surface area (Å²) in [7, 11) is -2.35. The number of fused-ring (bicyclic) bond motifs is 2. The normalized spacial score (nSPS) is 14.1. The molecule has 3 aromatic carbocycles. The van der Waals surface area contributed by atoms with Crippen molar-refractivity contribution in [1.29, 1.82) is 0 Å². The number of aromatic nitrogens is 2. The number of carbonyl (C=O) groups is 2. The fraction of sp³-hybridized carbons (Fsp3) is 0.111. The van der Waals surface area contributed by atoms with Gasteiger partial charge in [-0.05, 0) is 60.0 Å². The monoisotopic (exact) mass is 560 g/mol. The molecule has 0 bridgehead atoms. The third-order valence-electron chi connectivity index (χ3n) is 6.30. The second-order valence-corrected chi connectivity index (χ2v) is 10.7. The van der Waals surface area contributed by atoms with Crippen LogP contribution in [0, 0.1) is 6.92 Å². The molecule has 1 aliphatic carbocycles. The molecule has 0 fully saturated rings. The van der Waals surface area contributed by atoms with E-state index in [-0.39, 0.29) is 28.5 Å². The van der Waals surface area contributed by atoms with Crippen molar-refractivity contribution in [2.24, 2.45) is 10.2 Å². The third-order valence-corrected chi connectivity index (χ3v) is 7.01. The maximum Gasteiger partial charge on any atom is 0.323 e. The average Bonchev–Trinajstić information content (AvgIpc) is 3.27. The standard InChI is InChI=1S/C27H24N6O6S/c1-14-9-22(23(39-2)11-16(14)13-40(28,37)38)32-33-24-18-6-4-3-5-15(18)10-19(25(24)34)26(35)29-17-7-8-20-21(12-17)31-27(36)30-20/h3-12,32H,13H2,1-2H3,(H,29,35)(H2,28,37,38)(H2,30,31,36)/b33-24-. The Bertz CT molecular complexity index is 1920. The summed E-state index contributed by atoms with van der Waals surface area (Å²) in [6.45, 7) is 1.71. The van der Waals surface area contributed by atoms with Crippen LogP contribution in [0.15, 0.2) is 70.1 Å². The molecular formula is C27H24N6O6S. The topological polar surface area (TPSA) is 189 Å². The first-order chi connectivity index (χ1) is 19.0. The lowest BCUT2D eigenvalue weighted by Crippen LogP contribution is -2.30. The number of aromatic amines is 2. The number of nitrogens with one attached hydrogen (secondary N) is 4. The van der Waals surface area contributed by atoms with E-state index in [0.29, 0.717) is 44.7 Å². The van der Waals surface area contributed by atoms with Gasteiger partial charge in [0, 0.05) is 11.3 Å². The minimum Gasteiger partial charge on any atom is -0.495 e. The quantitative estimate of drug-likeness (QED) is 0.169. The van der Waals surface area contributed by atoms with Gasteiger partial charge in [0.15, 0.2) is 0 Å². The van der Waals surface area contributed by atoms with Crippen LogP contribution in [0.5, 0.6) is 5.75 Å². The molecule has 13 heteroatoms. The predicted octanol–water partition coefficient (Wildman–Crippen LogP) is 2.38. The zero-order valence-electron chi connectivity index (χ0n) is 21.4. The number of hydrazone groups is 1. The zero-order valence-corrected chi connectivity index (χ0v) is 22.2. The highest BCUT2D eigenvalue weighted by Gasteiger charge is 2.30. The van der Waals surface area contributed by atoms with Crippen LogP contribution >= 0.6 is 0 Å². The number of H-pyrrole nitrogens is 2. The van der Waals surface area contributed by atoms with E-state index >= 15 is 0 Å².